The first-order valence-corrected chi connectivity index (χ1v) is 6.74. The molecule has 3 rings (SSSR count). The third-order valence-corrected chi connectivity index (χ3v) is 3.83. The molecule has 1 aliphatic heterocycles. The lowest BCUT2D eigenvalue weighted by Crippen LogP contribution is -2.14. The average Bonchev–Trinajstić information content (AvgIpc) is 2.81. The molecule has 104 valence electrons. The largest absolute Gasteiger partial charge is 0.476 e. The number of benzene rings is 1. The van der Waals surface area contributed by atoms with Crippen molar-refractivity contribution in [2.45, 2.75) is 13.0 Å². The number of carbonyl (C=O) groups is 1. The maximum Gasteiger partial charge on any atom is 0.356 e. The van der Waals surface area contributed by atoms with Crippen molar-refractivity contribution in [3.8, 4) is 5.69 Å². The summed E-state index contributed by atoms with van der Waals surface area (Å²) in [4.78, 5) is 11.3. The molecule has 5 nitrogen and oxygen atoms in total. The van der Waals surface area contributed by atoms with Crippen LogP contribution in [0.5, 0.6) is 0 Å². The highest BCUT2D eigenvalue weighted by Crippen LogP contribution is 2.28. The Balaban J connectivity index is 2.23. The van der Waals surface area contributed by atoms with Crippen molar-refractivity contribution in [3.63, 3.8) is 0 Å². The van der Waals surface area contributed by atoms with Crippen molar-refractivity contribution in [1.82, 2.24) is 9.78 Å². The zero-order chi connectivity index (χ0) is 14.3. The van der Waals surface area contributed by atoms with Crippen molar-refractivity contribution >= 4 is 21.9 Å². The summed E-state index contributed by atoms with van der Waals surface area (Å²) < 4.78 is 20.8. The van der Waals surface area contributed by atoms with Gasteiger partial charge in [0.1, 0.15) is 5.82 Å². The van der Waals surface area contributed by atoms with Crippen LogP contribution in [0.1, 0.15) is 21.7 Å². The number of rotatable bonds is 2. The fourth-order valence-electron chi connectivity index (χ4n) is 2.26. The molecule has 0 aliphatic carbocycles. The fourth-order valence-corrected chi connectivity index (χ4v) is 2.67. The second-order valence-corrected chi connectivity index (χ2v) is 5.24. The Morgan fingerprint density at radius 1 is 1.50 bits per heavy atom. The fraction of sp³-hybridized carbons (Fsp3) is 0.231. The van der Waals surface area contributed by atoms with Gasteiger partial charge in [-0.1, -0.05) is 0 Å². The van der Waals surface area contributed by atoms with E-state index in [4.69, 9.17) is 4.74 Å². The van der Waals surface area contributed by atoms with E-state index in [9.17, 15) is 14.3 Å². The number of nitrogens with zero attached hydrogens (tertiary/aromatic N) is 2. The molecule has 7 heteroatoms. The van der Waals surface area contributed by atoms with Gasteiger partial charge in [0, 0.05) is 22.5 Å². The molecule has 1 aromatic carbocycles. The van der Waals surface area contributed by atoms with E-state index in [1.807, 2.05) is 0 Å². The minimum absolute atomic E-state index is 0.0455. The molecule has 0 bridgehead atoms. The van der Waals surface area contributed by atoms with Crippen LogP contribution < -0.4 is 0 Å². The van der Waals surface area contributed by atoms with Gasteiger partial charge in [-0.15, -0.1) is 0 Å². The molecule has 0 saturated heterocycles. The number of hydrogen-bond acceptors (Lipinski definition) is 3. The molecule has 20 heavy (non-hydrogen) atoms. The van der Waals surface area contributed by atoms with E-state index in [1.54, 1.807) is 6.07 Å². The van der Waals surface area contributed by atoms with Gasteiger partial charge in [-0.25, -0.2) is 13.9 Å². The highest BCUT2D eigenvalue weighted by molar-refractivity contribution is 9.10. The van der Waals surface area contributed by atoms with E-state index in [0.29, 0.717) is 28.8 Å². The molecule has 0 radical (unpaired) electrons. The summed E-state index contributed by atoms with van der Waals surface area (Å²) in [7, 11) is 0. The van der Waals surface area contributed by atoms with Crippen molar-refractivity contribution in [2.24, 2.45) is 0 Å². The Kier molecular flexibility index (Phi) is 3.31. The minimum atomic E-state index is -1.11. The maximum atomic E-state index is 13.4. The second-order valence-electron chi connectivity index (χ2n) is 4.39. The van der Waals surface area contributed by atoms with Crippen LogP contribution in [-0.2, 0) is 17.8 Å². The van der Waals surface area contributed by atoms with Crippen LogP contribution in [0.3, 0.4) is 0 Å². The average molecular weight is 341 g/mol. The van der Waals surface area contributed by atoms with Crippen molar-refractivity contribution < 1.29 is 19.0 Å². The number of halogens is 2. The second kappa shape index (κ2) is 4.99. The first kappa shape index (κ1) is 13.3. The van der Waals surface area contributed by atoms with Crippen LogP contribution in [-0.4, -0.2) is 27.5 Å². The van der Waals surface area contributed by atoms with Gasteiger partial charge in [-0.2, -0.15) is 5.10 Å². The molecule has 0 unspecified atom stereocenters. The predicted molar refractivity (Wildman–Crippen MR) is 71.5 cm³/mol. The number of ether oxygens (including phenoxy) is 1. The van der Waals surface area contributed by atoms with E-state index in [1.165, 1.54) is 16.8 Å². The third-order valence-electron chi connectivity index (χ3n) is 3.16. The van der Waals surface area contributed by atoms with Gasteiger partial charge in [0.15, 0.2) is 5.69 Å². The minimum Gasteiger partial charge on any atom is -0.476 e. The molecule has 1 N–H and O–H groups in total. The molecular formula is C13H10BrFN2O3. The number of aromatic carboxylic acids is 1. The molecule has 0 saturated carbocycles. The van der Waals surface area contributed by atoms with Crippen molar-refractivity contribution in [3.05, 3.63) is 45.4 Å². The van der Waals surface area contributed by atoms with E-state index in [2.05, 4.69) is 21.0 Å². The number of carboxylic acid groups (broad SMARTS) is 1. The van der Waals surface area contributed by atoms with E-state index >= 15 is 0 Å². The lowest BCUT2D eigenvalue weighted by Gasteiger charge is -2.15. The molecule has 2 heterocycles. The quantitative estimate of drug-likeness (QED) is 0.912. The summed E-state index contributed by atoms with van der Waals surface area (Å²) in [5, 5.41) is 13.3. The molecule has 1 aromatic heterocycles. The topological polar surface area (TPSA) is 64.3 Å². The monoisotopic (exact) mass is 340 g/mol. The van der Waals surface area contributed by atoms with Gasteiger partial charge in [-0.3, -0.25) is 0 Å². The highest BCUT2D eigenvalue weighted by Gasteiger charge is 2.26. The zero-order valence-corrected chi connectivity index (χ0v) is 11.9. The summed E-state index contributed by atoms with van der Waals surface area (Å²) in [6, 6.07) is 4.21. The van der Waals surface area contributed by atoms with E-state index < -0.39 is 11.8 Å². The van der Waals surface area contributed by atoms with E-state index in [0.717, 1.165) is 5.69 Å². The Hall–Kier alpha value is -1.73. The SMILES string of the molecule is O=C(O)c1nn(-c2cc(F)ccc2Br)c2c1COCC2. The Bertz CT molecular complexity index is 699. The smallest absolute Gasteiger partial charge is 0.356 e. The number of hydrogen-bond donors (Lipinski definition) is 1. The van der Waals surface area contributed by atoms with E-state index in [-0.39, 0.29) is 12.3 Å². The Labute approximate surface area is 122 Å². The summed E-state index contributed by atoms with van der Waals surface area (Å²) >= 11 is 3.34. The molecule has 0 amide bonds. The van der Waals surface area contributed by atoms with Gasteiger partial charge in [0.2, 0.25) is 0 Å². The number of fused-ring (bicyclic) bond motifs is 1. The van der Waals surface area contributed by atoms with Crippen molar-refractivity contribution in [1.29, 1.82) is 0 Å². The summed E-state index contributed by atoms with van der Waals surface area (Å²) in [6.45, 7) is 0.703. The normalized spacial score (nSPS) is 14.1. The first-order valence-electron chi connectivity index (χ1n) is 5.95. The molecule has 0 atom stereocenters. The standard InChI is InChI=1S/C13H10BrFN2O3/c14-9-2-1-7(15)5-11(9)17-10-3-4-20-6-8(10)12(16-17)13(18)19/h1-2,5H,3-4,6H2,(H,18,19). The lowest BCUT2D eigenvalue weighted by molar-refractivity contribution is 0.0677. The van der Waals surface area contributed by atoms with Crippen LogP contribution in [0.2, 0.25) is 0 Å². The predicted octanol–water partition coefficient (Wildman–Crippen LogP) is 2.54. The molecule has 0 fully saturated rings. The van der Waals surface area contributed by atoms with Gasteiger partial charge in [-0.05, 0) is 28.1 Å². The first-order chi connectivity index (χ1) is 9.58. The van der Waals surface area contributed by atoms with Crippen LogP contribution in [0, 0.1) is 5.82 Å². The van der Waals surface area contributed by atoms with Crippen LogP contribution >= 0.6 is 15.9 Å². The van der Waals surface area contributed by atoms with Gasteiger partial charge in [0.05, 0.1) is 24.6 Å². The molecule has 2 aromatic rings. The van der Waals surface area contributed by atoms with Gasteiger partial charge >= 0.3 is 5.97 Å². The number of carboxylic acids is 1. The van der Waals surface area contributed by atoms with Gasteiger partial charge in [0.25, 0.3) is 0 Å². The summed E-state index contributed by atoms with van der Waals surface area (Å²) in [6.07, 6.45) is 0.540. The highest BCUT2D eigenvalue weighted by atomic mass is 79.9. The van der Waals surface area contributed by atoms with Crippen molar-refractivity contribution in [2.75, 3.05) is 6.61 Å². The summed E-state index contributed by atoms with van der Waals surface area (Å²) in [5.41, 5.74) is 1.74. The summed E-state index contributed by atoms with van der Waals surface area (Å²) in [5.74, 6) is -1.52. The lowest BCUT2D eigenvalue weighted by atomic mass is 10.1. The van der Waals surface area contributed by atoms with Gasteiger partial charge < -0.3 is 9.84 Å². The molecule has 1 aliphatic rings. The van der Waals surface area contributed by atoms with Crippen LogP contribution in [0.25, 0.3) is 5.69 Å². The Morgan fingerprint density at radius 2 is 2.30 bits per heavy atom. The third kappa shape index (κ3) is 2.12. The molecular weight excluding hydrogens is 331 g/mol. The van der Waals surface area contributed by atoms with Crippen LogP contribution in [0.15, 0.2) is 22.7 Å². The zero-order valence-electron chi connectivity index (χ0n) is 10.3. The molecule has 0 spiro atoms. The maximum absolute atomic E-state index is 13.4. The van der Waals surface area contributed by atoms with Crippen LogP contribution in [0.4, 0.5) is 4.39 Å². The Morgan fingerprint density at radius 3 is 3.05 bits per heavy atom. The number of aromatic nitrogens is 2.